The summed E-state index contributed by atoms with van der Waals surface area (Å²) in [5, 5.41) is 5.76. The molecular weight excluding hydrogens is 380 g/mol. The van der Waals surface area contributed by atoms with E-state index in [9.17, 15) is 14.4 Å². The summed E-state index contributed by atoms with van der Waals surface area (Å²) in [5.41, 5.74) is 2.54. The van der Waals surface area contributed by atoms with E-state index in [1.165, 1.54) is 0 Å². The first kappa shape index (κ1) is 18.7. The van der Waals surface area contributed by atoms with Gasteiger partial charge in [-0.15, -0.1) is 0 Å². The second kappa shape index (κ2) is 7.16. The zero-order valence-electron chi connectivity index (χ0n) is 16.7. The Morgan fingerprint density at radius 1 is 1.03 bits per heavy atom. The first-order valence-corrected chi connectivity index (χ1v) is 10.4. The van der Waals surface area contributed by atoms with Gasteiger partial charge >= 0.3 is 6.03 Å². The van der Waals surface area contributed by atoms with Gasteiger partial charge in [0.15, 0.2) is 0 Å². The van der Waals surface area contributed by atoms with Gasteiger partial charge in [0.1, 0.15) is 12.1 Å². The smallest absolute Gasteiger partial charge is 0.325 e. The third kappa shape index (κ3) is 2.93. The zero-order chi connectivity index (χ0) is 20.7. The van der Waals surface area contributed by atoms with Crippen molar-refractivity contribution in [2.24, 2.45) is 0 Å². The summed E-state index contributed by atoms with van der Waals surface area (Å²) in [4.78, 5) is 41.9. The molecule has 1 unspecified atom stereocenters. The number of fused-ring (bicyclic) bond motifs is 2. The third-order valence-corrected chi connectivity index (χ3v) is 6.35. The van der Waals surface area contributed by atoms with E-state index in [0.717, 1.165) is 54.1 Å². The molecule has 4 amide bonds. The molecule has 2 fully saturated rings. The van der Waals surface area contributed by atoms with Crippen LogP contribution in [0.2, 0.25) is 0 Å². The van der Waals surface area contributed by atoms with E-state index in [0.29, 0.717) is 12.1 Å². The number of hydrogen-bond acceptors (Lipinski definition) is 4. The number of rotatable bonds is 4. The molecule has 5 rings (SSSR count). The summed E-state index contributed by atoms with van der Waals surface area (Å²) in [7, 11) is 0. The standard InChI is InChI=1S/C23H24N4O3/c28-20(24-18-9-3-4-10-19(18)26-13-5-6-14-26)15-27-21(29)23(25-22(27)30)12-11-16-7-1-2-8-17(16)23/h1-4,7-10H,5-6,11-15H2,(H,24,28)(H,25,30). The highest BCUT2D eigenvalue weighted by Crippen LogP contribution is 2.41. The lowest BCUT2D eigenvalue weighted by atomic mass is 9.92. The molecule has 2 aromatic carbocycles. The van der Waals surface area contributed by atoms with Crippen molar-refractivity contribution >= 4 is 29.2 Å². The van der Waals surface area contributed by atoms with Crippen LogP contribution >= 0.6 is 0 Å². The molecule has 3 aliphatic rings. The summed E-state index contributed by atoms with van der Waals surface area (Å²) >= 11 is 0. The number of aryl methyl sites for hydroxylation is 1. The van der Waals surface area contributed by atoms with Gasteiger partial charge in [0, 0.05) is 13.1 Å². The van der Waals surface area contributed by atoms with Crippen LogP contribution in [0.15, 0.2) is 48.5 Å². The van der Waals surface area contributed by atoms with Gasteiger partial charge in [0.2, 0.25) is 5.91 Å². The Labute approximate surface area is 175 Å². The lowest BCUT2D eigenvalue weighted by Crippen LogP contribution is -2.43. The highest BCUT2D eigenvalue weighted by atomic mass is 16.2. The summed E-state index contributed by atoms with van der Waals surface area (Å²) in [6.45, 7) is 1.62. The molecule has 7 nitrogen and oxygen atoms in total. The van der Waals surface area contributed by atoms with Gasteiger partial charge in [0.25, 0.3) is 5.91 Å². The van der Waals surface area contributed by atoms with Crippen LogP contribution in [-0.2, 0) is 21.5 Å². The number of carbonyl (C=O) groups is 3. The second-order valence-corrected chi connectivity index (χ2v) is 8.14. The van der Waals surface area contributed by atoms with Crippen molar-refractivity contribution < 1.29 is 14.4 Å². The zero-order valence-corrected chi connectivity index (χ0v) is 16.7. The predicted octanol–water partition coefficient (Wildman–Crippen LogP) is 2.62. The quantitative estimate of drug-likeness (QED) is 0.768. The SMILES string of the molecule is O=C(CN1C(=O)NC2(CCc3ccccc32)C1=O)Nc1ccccc1N1CCCC1. The number of amides is 4. The van der Waals surface area contributed by atoms with E-state index >= 15 is 0 Å². The number of anilines is 2. The predicted molar refractivity (Wildman–Crippen MR) is 113 cm³/mol. The van der Waals surface area contributed by atoms with Crippen LogP contribution in [0.4, 0.5) is 16.2 Å². The molecule has 2 heterocycles. The van der Waals surface area contributed by atoms with Gasteiger partial charge in [-0.25, -0.2) is 4.79 Å². The van der Waals surface area contributed by atoms with Crippen molar-refractivity contribution in [3.63, 3.8) is 0 Å². The highest BCUT2D eigenvalue weighted by Gasteiger charge is 2.55. The van der Waals surface area contributed by atoms with Crippen LogP contribution < -0.4 is 15.5 Å². The lowest BCUT2D eigenvalue weighted by Gasteiger charge is -2.23. The normalized spacial score (nSPS) is 22.5. The highest BCUT2D eigenvalue weighted by molar-refractivity contribution is 6.11. The summed E-state index contributed by atoms with van der Waals surface area (Å²) in [5.74, 6) is -0.728. The Kier molecular flexibility index (Phi) is 4.46. The fourth-order valence-electron chi connectivity index (χ4n) is 4.88. The van der Waals surface area contributed by atoms with Crippen LogP contribution in [0.25, 0.3) is 0 Å². The van der Waals surface area contributed by atoms with Crippen LogP contribution in [0.1, 0.15) is 30.4 Å². The number of imide groups is 1. The summed E-state index contributed by atoms with van der Waals surface area (Å²) < 4.78 is 0. The van der Waals surface area contributed by atoms with Crippen molar-refractivity contribution in [2.45, 2.75) is 31.2 Å². The maximum Gasteiger partial charge on any atom is 0.325 e. The minimum Gasteiger partial charge on any atom is -0.370 e. The largest absolute Gasteiger partial charge is 0.370 e. The molecule has 2 saturated heterocycles. The summed E-state index contributed by atoms with van der Waals surface area (Å²) in [6, 6.07) is 14.8. The molecule has 30 heavy (non-hydrogen) atoms. The molecule has 2 N–H and O–H groups in total. The van der Waals surface area contributed by atoms with Gasteiger partial charge in [0.05, 0.1) is 11.4 Å². The average Bonchev–Trinajstić information content (AvgIpc) is 3.46. The van der Waals surface area contributed by atoms with Gasteiger partial charge in [-0.3, -0.25) is 14.5 Å². The van der Waals surface area contributed by atoms with E-state index in [1.54, 1.807) is 0 Å². The Balaban J connectivity index is 1.33. The first-order valence-electron chi connectivity index (χ1n) is 10.4. The maximum absolute atomic E-state index is 13.2. The van der Waals surface area contributed by atoms with E-state index in [4.69, 9.17) is 0 Å². The number of benzene rings is 2. The fourth-order valence-corrected chi connectivity index (χ4v) is 4.88. The van der Waals surface area contributed by atoms with Crippen LogP contribution in [0.5, 0.6) is 0 Å². The molecule has 1 spiro atoms. The van der Waals surface area contributed by atoms with Gasteiger partial charge in [-0.2, -0.15) is 0 Å². The number of nitrogens with zero attached hydrogens (tertiary/aromatic N) is 2. The molecule has 0 saturated carbocycles. The number of carbonyl (C=O) groups excluding carboxylic acids is 3. The van der Waals surface area contributed by atoms with Crippen molar-refractivity contribution in [1.82, 2.24) is 10.2 Å². The molecule has 154 valence electrons. The first-order chi connectivity index (χ1) is 14.6. The van der Waals surface area contributed by atoms with Crippen LogP contribution in [0.3, 0.4) is 0 Å². The molecule has 1 aliphatic carbocycles. The number of para-hydroxylation sites is 2. The Hall–Kier alpha value is -3.35. The topological polar surface area (TPSA) is 81.8 Å². The fraction of sp³-hybridized carbons (Fsp3) is 0.348. The van der Waals surface area contributed by atoms with Crippen molar-refractivity contribution in [3.05, 3.63) is 59.7 Å². The number of urea groups is 1. The minimum absolute atomic E-state index is 0.303. The third-order valence-electron chi connectivity index (χ3n) is 6.35. The molecule has 0 aromatic heterocycles. The van der Waals surface area contributed by atoms with Crippen molar-refractivity contribution in [1.29, 1.82) is 0 Å². The number of nitrogens with one attached hydrogen (secondary N) is 2. The molecule has 7 heteroatoms. The lowest BCUT2D eigenvalue weighted by molar-refractivity contribution is -0.134. The van der Waals surface area contributed by atoms with Crippen LogP contribution in [-0.4, -0.2) is 42.4 Å². The molecule has 0 bridgehead atoms. The summed E-state index contributed by atoms with van der Waals surface area (Å²) in [6.07, 6.45) is 3.51. The van der Waals surface area contributed by atoms with Crippen LogP contribution in [0, 0.1) is 0 Å². The molecule has 2 aromatic rings. The van der Waals surface area contributed by atoms with E-state index < -0.39 is 11.6 Å². The maximum atomic E-state index is 13.2. The molecular formula is C23H24N4O3. The van der Waals surface area contributed by atoms with Gasteiger partial charge < -0.3 is 15.5 Å². The molecule has 1 atom stereocenters. The van der Waals surface area contributed by atoms with Crippen molar-refractivity contribution in [2.75, 3.05) is 29.9 Å². The average molecular weight is 404 g/mol. The Bertz CT molecular complexity index is 1030. The molecule has 0 radical (unpaired) electrons. The number of hydrogen-bond donors (Lipinski definition) is 2. The second-order valence-electron chi connectivity index (χ2n) is 8.14. The van der Waals surface area contributed by atoms with Crippen molar-refractivity contribution in [3.8, 4) is 0 Å². The minimum atomic E-state index is -1.04. The molecule has 2 aliphatic heterocycles. The van der Waals surface area contributed by atoms with E-state index in [-0.39, 0.29) is 18.4 Å². The van der Waals surface area contributed by atoms with E-state index in [1.807, 2.05) is 48.5 Å². The van der Waals surface area contributed by atoms with Gasteiger partial charge in [-0.1, -0.05) is 36.4 Å². The van der Waals surface area contributed by atoms with Gasteiger partial charge in [-0.05, 0) is 48.9 Å². The van der Waals surface area contributed by atoms with E-state index in [2.05, 4.69) is 15.5 Å². The Morgan fingerprint density at radius 3 is 2.60 bits per heavy atom. The Morgan fingerprint density at radius 2 is 1.77 bits per heavy atom. The monoisotopic (exact) mass is 404 g/mol.